The summed E-state index contributed by atoms with van der Waals surface area (Å²) in [5.74, 6) is -0.282. The largest absolute Gasteiger partial charge is 0.396 e. The highest BCUT2D eigenvalue weighted by Gasteiger charge is 2.21. The van der Waals surface area contributed by atoms with Gasteiger partial charge in [0, 0.05) is 26.4 Å². The quantitative estimate of drug-likeness (QED) is 0.787. The van der Waals surface area contributed by atoms with Gasteiger partial charge in [-0.15, -0.1) is 0 Å². The molecule has 0 aromatic carbocycles. The van der Waals surface area contributed by atoms with Crippen molar-refractivity contribution in [1.29, 1.82) is 0 Å². The minimum atomic E-state index is -0.395. The second kappa shape index (κ2) is 5.18. The number of amides is 1. The molecule has 96 valence electrons. The number of hydrogen-bond donors (Lipinski definition) is 2. The Morgan fingerprint density at radius 2 is 2.29 bits per heavy atom. The fraction of sp³-hybridized carbons (Fsp3) is 0.636. The molecule has 1 aromatic rings. The van der Waals surface area contributed by atoms with Crippen molar-refractivity contribution in [2.75, 3.05) is 18.9 Å². The van der Waals surface area contributed by atoms with E-state index in [-0.39, 0.29) is 11.6 Å². The van der Waals surface area contributed by atoms with Crippen LogP contribution in [0.3, 0.4) is 0 Å². The van der Waals surface area contributed by atoms with Crippen LogP contribution in [-0.2, 0) is 11.8 Å². The molecule has 1 aromatic heterocycles. The van der Waals surface area contributed by atoms with Crippen LogP contribution in [0.5, 0.6) is 0 Å². The number of nitrogens with two attached hydrogens (primary N) is 1. The zero-order valence-corrected chi connectivity index (χ0v) is 10.8. The Morgan fingerprint density at radius 3 is 2.76 bits per heavy atom. The maximum atomic E-state index is 11.8. The van der Waals surface area contributed by atoms with Gasteiger partial charge in [0.25, 0.3) is 5.91 Å². The number of anilines is 1. The Bertz CT molecular complexity index is 398. The Hall–Kier alpha value is -1.56. The molecule has 0 bridgehead atoms. The van der Waals surface area contributed by atoms with Crippen LogP contribution >= 0.6 is 0 Å². The second-order valence-electron chi connectivity index (χ2n) is 4.48. The Labute approximate surface area is 101 Å². The van der Waals surface area contributed by atoms with E-state index < -0.39 is 5.60 Å². The van der Waals surface area contributed by atoms with E-state index in [1.54, 1.807) is 13.2 Å². The first-order valence-electron chi connectivity index (χ1n) is 5.57. The lowest BCUT2D eigenvalue weighted by atomic mass is 10.1. The van der Waals surface area contributed by atoms with Crippen LogP contribution in [0, 0.1) is 0 Å². The van der Waals surface area contributed by atoms with Crippen molar-refractivity contribution in [1.82, 2.24) is 15.1 Å². The van der Waals surface area contributed by atoms with Crippen LogP contribution in [0.15, 0.2) is 6.20 Å². The van der Waals surface area contributed by atoms with Crippen molar-refractivity contribution >= 4 is 11.6 Å². The number of aromatic nitrogens is 2. The number of hydrogen-bond acceptors (Lipinski definition) is 4. The summed E-state index contributed by atoms with van der Waals surface area (Å²) in [6.45, 7) is 6.77. The van der Waals surface area contributed by atoms with Crippen LogP contribution in [-0.4, -0.2) is 34.4 Å². The predicted molar refractivity (Wildman–Crippen MR) is 65.7 cm³/mol. The number of carbonyl (C=O) groups excluding carboxylic acids is 1. The van der Waals surface area contributed by atoms with Gasteiger partial charge in [-0.3, -0.25) is 9.48 Å². The lowest BCUT2D eigenvalue weighted by Gasteiger charge is -2.24. The molecule has 1 rings (SSSR count). The second-order valence-corrected chi connectivity index (χ2v) is 4.48. The Kier molecular flexibility index (Phi) is 4.11. The molecule has 0 saturated heterocycles. The molecule has 6 nitrogen and oxygen atoms in total. The third kappa shape index (κ3) is 3.74. The number of aryl methyl sites for hydroxylation is 1. The average Bonchev–Trinajstić information content (AvgIpc) is 2.54. The highest BCUT2D eigenvalue weighted by Crippen LogP contribution is 2.10. The number of rotatable bonds is 5. The van der Waals surface area contributed by atoms with Crippen LogP contribution in [0.1, 0.15) is 31.3 Å². The summed E-state index contributed by atoms with van der Waals surface area (Å²) < 4.78 is 6.99. The normalized spacial score (nSPS) is 11.5. The van der Waals surface area contributed by atoms with Gasteiger partial charge in [0.15, 0.2) is 5.69 Å². The van der Waals surface area contributed by atoms with Crippen molar-refractivity contribution in [2.24, 2.45) is 7.05 Å². The Balaban J connectivity index is 2.59. The summed E-state index contributed by atoms with van der Waals surface area (Å²) >= 11 is 0. The summed E-state index contributed by atoms with van der Waals surface area (Å²) in [6, 6.07) is 0. The van der Waals surface area contributed by atoms with E-state index in [9.17, 15) is 4.79 Å². The van der Waals surface area contributed by atoms with Crippen LogP contribution in [0.2, 0.25) is 0 Å². The molecule has 0 radical (unpaired) electrons. The van der Waals surface area contributed by atoms with Gasteiger partial charge in [-0.25, -0.2) is 0 Å². The van der Waals surface area contributed by atoms with Crippen molar-refractivity contribution in [3.8, 4) is 0 Å². The maximum Gasteiger partial charge on any atom is 0.274 e. The van der Waals surface area contributed by atoms with E-state index in [1.165, 1.54) is 4.68 Å². The van der Waals surface area contributed by atoms with Crippen LogP contribution in [0.25, 0.3) is 0 Å². The third-order valence-electron chi connectivity index (χ3n) is 2.28. The smallest absolute Gasteiger partial charge is 0.274 e. The molecule has 0 aliphatic heterocycles. The molecule has 1 amide bonds. The molecule has 0 atom stereocenters. The lowest BCUT2D eigenvalue weighted by Crippen LogP contribution is -2.40. The highest BCUT2D eigenvalue weighted by atomic mass is 16.5. The summed E-state index contributed by atoms with van der Waals surface area (Å²) in [5, 5.41) is 6.75. The predicted octanol–water partition coefficient (Wildman–Crippen LogP) is 0.547. The van der Waals surface area contributed by atoms with Crippen molar-refractivity contribution in [2.45, 2.75) is 26.4 Å². The van der Waals surface area contributed by atoms with E-state index in [4.69, 9.17) is 10.5 Å². The van der Waals surface area contributed by atoms with Crippen molar-refractivity contribution in [3.63, 3.8) is 0 Å². The fourth-order valence-electron chi connectivity index (χ4n) is 1.50. The fourth-order valence-corrected chi connectivity index (χ4v) is 1.50. The number of nitrogen functional groups attached to an aromatic ring is 1. The molecule has 0 saturated carbocycles. The average molecular weight is 240 g/mol. The number of nitrogens with one attached hydrogen (secondary N) is 1. The number of carbonyl (C=O) groups is 1. The van der Waals surface area contributed by atoms with E-state index >= 15 is 0 Å². The van der Waals surface area contributed by atoms with Gasteiger partial charge in [-0.1, -0.05) is 0 Å². The molecular weight excluding hydrogens is 220 g/mol. The molecule has 17 heavy (non-hydrogen) atoms. The molecule has 0 unspecified atom stereocenters. The first kappa shape index (κ1) is 13.5. The van der Waals surface area contributed by atoms with Crippen molar-refractivity contribution in [3.05, 3.63) is 11.9 Å². The molecule has 3 N–H and O–H groups in total. The molecule has 0 aliphatic carbocycles. The summed E-state index contributed by atoms with van der Waals surface area (Å²) in [7, 11) is 1.72. The number of nitrogens with zero attached hydrogens (tertiary/aromatic N) is 2. The monoisotopic (exact) mass is 240 g/mol. The van der Waals surface area contributed by atoms with Gasteiger partial charge < -0.3 is 15.8 Å². The van der Waals surface area contributed by atoms with Gasteiger partial charge in [-0.05, 0) is 20.8 Å². The van der Waals surface area contributed by atoms with Gasteiger partial charge in [0.1, 0.15) is 0 Å². The van der Waals surface area contributed by atoms with Gasteiger partial charge in [0.2, 0.25) is 0 Å². The van der Waals surface area contributed by atoms with E-state index in [0.29, 0.717) is 18.8 Å². The first-order valence-corrected chi connectivity index (χ1v) is 5.57. The zero-order valence-electron chi connectivity index (χ0n) is 10.8. The minimum absolute atomic E-state index is 0.250. The molecule has 0 aliphatic rings. The summed E-state index contributed by atoms with van der Waals surface area (Å²) in [5.41, 5.74) is 5.89. The number of ether oxygens (including phenoxy) is 1. The maximum absolute atomic E-state index is 11.8. The molecule has 0 spiro atoms. The van der Waals surface area contributed by atoms with Gasteiger partial charge in [0.05, 0.1) is 11.3 Å². The standard InChI is InChI=1S/C11H20N4O2/c1-5-17-11(2,3)7-13-10(16)9-8(12)6-15(4)14-9/h6H,5,7,12H2,1-4H3,(H,13,16). The summed E-state index contributed by atoms with van der Waals surface area (Å²) in [4.78, 5) is 11.8. The molecular formula is C11H20N4O2. The first-order chi connectivity index (χ1) is 7.85. The van der Waals surface area contributed by atoms with Crippen molar-refractivity contribution < 1.29 is 9.53 Å². The molecule has 0 fully saturated rings. The topological polar surface area (TPSA) is 82.2 Å². The third-order valence-corrected chi connectivity index (χ3v) is 2.28. The molecule has 1 heterocycles. The SMILES string of the molecule is CCOC(C)(C)CNC(=O)c1nn(C)cc1N. The lowest BCUT2D eigenvalue weighted by molar-refractivity contribution is -0.00818. The van der Waals surface area contributed by atoms with E-state index in [2.05, 4.69) is 10.4 Å². The van der Waals surface area contributed by atoms with E-state index in [0.717, 1.165) is 0 Å². The highest BCUT2D eigenvalue weighted by molar-refractivity contribution is 5.97. The molecule has 6 heteroatoms. The minimum Gasteiger partial charge on any atom is -0.396 e. The van der Waals surface area contributed by atoms with Gasteiger partial charge >= 0.3 is 0 Å². The van der Waals surface area contributed by atoms with Crippen LogP contribution < -0.4 is 11.1 Å². The Morgan fingerprint density at radius 1 is 1.65 bits per heavy atom. The zero-order chi connectivity index (χ0) is 13.1. The van der Waals surface area contributed by atoms with E-state index in [1.807, 2.05) is 20.8 Å². The summed E-state index contributed by atoms with van der Waals surface area (Å²) in [6.07, 6.45) is 1.60. The van der Waals surface area contributed by atoms with Gasteiger partial charge in [-0.2, -0.15) is 5.10 Å². The van der Waals surface area contributed by atoms with Crippen LogP contribution in [0.4, 0.5) is 5.69 Å².